The largest absolute Gasteiger partial charge is 0.336 e. The Bertz CT molecular complexity index is 244. The zero-order valence-electron chi connectivity index (χ0n) is 9.57. The van der Waals surface area contributed by atoms with E-state index >= 15 is 0 Å². The molecule has 0 aliphatic rings. The second-order valence-electron chi connectivity index (χ2n) is 3.26. The van der Waals surface area contributed by atoms with Crippen molar-refractivity contribution in [2.75, 3.05) is 0 Å². The minimum atomic E-state index is -0.596. The molecule has 0 unspecified atom stereocenters. The van der Waals surface area contributed by atoms with Crippen molar-refractivity contribution >= 4 is 17.8 Å². The molecule has 0 rings (SSSR count). The number of amides is 2. The summed E-state index contributed by atoms with van der Waals surface area (Å²) in [5.74, 6) is -2.00. The van der Waals surface area contributed by atoms with Crippen LogP contribution >= 0.6 is 0 Å². The normalized spacial score (nSPS) is 9.93. The summed E-state index contributed by atoms with van der Waals surface area (Å²) >= 11 is 0. The van der Waals surface area contributed by atoms with Crippen molar-refractivity contribution < 1.29 is 19.2 Å². The summed E-state index contributed by atoms with van der Waals surface area (Å²) in [5, 5.41) is 0.487. The van der Waals surface area contributed by atoms with Gasteiger partial charge < -0.3 is 4.84 Å². The van der Waals surface area contributed by atoms with Crippen molar-refractivity contribution in [2.45, 2.75) is 40.5 Å². The standard InChI is InChI=1S/C10H17NO4/c1-5-9(6-2)10(14)15-11(7(3)12)8(4)13/h9H,5-6H2,1-4H3. The third kappa shape index (κ3) is 4.10. The number of rotatable bonds is 3. The van der Waals surface area contributed by atoms with Gasteiger partial charge in [-0.3, -0.25) is 9.59 Å². The first-order chi connectivity index (χ1) is 6.93. The van der Waals surface area contributed by atoms with Crippen LogP contribution in [0.5, 0.6) is 0 Å². The number of hydroxylamine groups is 2. The Morgan fingerprint density at radius 3 is 1.73 bits per heavy atom. The van der Waals surface area contributed by atoms with Crippen LogP contribution in [-0.2, 0) is 19.2 Å². The van der Waals surface area contributed by atoms with Crippen LogP contribution in [0.2, 0.25) is 0 Å². The molecule has 0 aliphatic carbocycles. The molecule has 2 amide bonds. The van der Waals surface area contributed by atoms with Gasteiger partial charge in [0.1, 0.15) is 0 Å². The Hall–Kier alpha value is -1.39. The molecule has 0 aromatic carbocycles. The molecule has 0 fully saturated rings. The Morgan fingerprint density at radius 2 is 1.47 bits per heavy atom. The van der Waals surface area contributed by atoms with E-state index in [9.17, 15) is 14.4 Å². The van der Waals surface area contributed by atoms with Crippen LogP contribution in [0.4, 0.5) is 0 Å². The molecule has 0 saturated heterocycles. The minimum Gasteiger partial charge on any atom is -0.330 e. The molecular weight excluding hydrogens is 198 g/mol. The second kappa shape index (κ2) is 6.16. The van der Waals surface area contributed by atoms with Gasteiger partial charge in [0, 0.05) is 13.8 Å². The molecule has 0 N–H and O–H groups in total. The molecule has 15 heavy (non-hydrogen) atoms. The zero-order valence-corrected chi connectivity index (χ0v) is 9.57. The van der Waals surface area contributed by atoms with Crippen LogP contribution in [0.3, 0.4) is 0 Å². The average Bonchev–Trinajstić information content (AvgIpc) is 2.15. The summed E-state index contributed by atoms with van der Waals surface area (Å²) in [7, 11) is 0. The van der Waals surface area contributed by atoms with Crippen molar-refractivity contribution in [1.29, 1.82) is 0 Å². The molecule has 5 heteroatoms. The molecule has 0 atom stereocenters. The average molecular weight is 215 g/mol. The van der Waals surface area contributed by atoms with Gasteiger partial charge in [0.2, 0.25) is 0 Å². The fraction of sp³-hybridized carbons (Fsp3) is 0.700. The lowest BCUT2D eigenvalue weighted by molar-refractivity contribution is -0.203. The van der Waals surface area contributed by atoms with E-state index in [0.29, 0.717) is 17.9 Å². The third-order valence-electron chi connectivity index (χ3n) is 2.07. The van der Waals surface area contributed by atoms with Crippen LogP contribution in [-0.4, -0.2) is 22.8 Å². The van der Waals surface area contributed by atoms with E-state index in [1.165, 1.54) is 13.8 Å². The van der Waals surface area contributed by atoms with Gasteiger partial charge in [-0.2, -0.15) is 0 Å². The Morgan fingerprint density at radius 1 is 1.07 bits per heavy atom. The van der Waals surface area contributed by atoms with Crippen molar-refractivity contribution in [3.63, 3.8) is 0 Å². The van der Waals surface area contributed by atoms with Crippen molar-refractivity contribution in [1.82, 2.24) is 5.06 Å². The highest BCUT2D eigenvalue weighted by molar-refractivity contribution is 5.93. The molecule has 0 saturated carbocycles. The molecule has 0 aromatic heterocycles. The van der Waals surface area contributed by atoms with E-state index in [-0.39, 0.29) is 5.92 Å². The van der Waals surface area contributed by atoms with E-state index in [4.69, 9.17) is 4.84 Å². The summed E-state index contributed by atoms with van der Waals surface area (Å²) in [6, 6.07) is 0. The first kappa shape index (κ1) is 13.6. The predicted octanol–water partition coefficient (Wildman–Crippen LogP) is 1.28. The van der Waals surface area contributed by atoms with Gasteiger partial charge in [0.25, 0.3) is 11.8 Å². The molecule has 0 aromatic rings. The highest BCUT2D eigenvalue weighted by Crippen LogP contribution is 2.11. The highest BCUT2D eigenvalue weighted by Gasteiger charge is 2.23. The van der Waals surface area contributed by atoms with E-state index in [0.717, 1.165) is 0 Å². The Kier molecular flexibility index (Phi) is 5.59. The summed E-state index contributed by atoms with van der Waals surface area (Å²) in [4.78, 5) is 38.1. The molecule has 86 valence electrons. The van der Waals surface area contributed by atoms with E-state index in [1.54, 1.807) is 0 Å². The van der Waals surface area contributed by atoms with Gasteiger partial charge in [0.05, 0.1) is 5.92 Å². The van der Waals surface area contributed by atoms with Gasteiger partial charge in [-0.1, -0.05) is 13.8 Å². The Labute approximate surface area is 89.3 Å². The molecule has 0 aliphatic heterocycles. The van der Waals surface area contributed by atoms with E-state index in [2.05, 4.69) is 0 Å². The SMILES string of the molecule is CCC(CC)C(=O)ON(C(C)=O)C(C)=O. The van der Waals surface area contributed by atoms with Crippen LogP contribution in [0, 0.1) is 5.92 Å². The summed E-state index contributed by atoms with van der Waals surface area (Å²) in [5.41, 5.74) is 0. The maximum atomic E-state index is 11.5. The lowest BCUT2D eigenvalue weighted by Crippen LogP contribution is -2.37. The number of imide groups is 1. The fourth-order valence-electron chi connectivity index (χ4n) is 1.14. The summed E-state index contributed by atoms with van der Waals surface area (Å²) in [6.45, 7) is 6.03. The monoisotopic (exact) mass is 215 g/mol. The maximum Gasteiger partial charge on any atom is 0.336 e. The molecule has 0 spiro atoms. The van der Waals surface area contributed by atoms with Gasteiger partial charge in [0.15, 0.2) is 0 Å². The molecular formula is C10H17NO4. The first-order valence-electron chi connectivity index (χ1n) is 4.97. The van der Waals surface area contributed by atoms with Crippen LogP contribution in [0.15, 0.2) is 0 Å². The van der Waals surface area contributed by atoms with Gasteiger partial charge >= 0.3 is 5.97 Å². The number of carbonyl (C=O) groups excluding carboxylic acids is 3. The Balaban J connectivity index is 4.48. The van der Waals surface area contributed by atoms with Crippen molar-refractivity contribution in [3.8, 4) is 0 Å². The quantitative estimate of drug-likeness (QED) is 0.665. The first-order valence-corrected chi connectivity index (χ1v) is 4.97. The van der Waals surface area contributed by atoms with Crippen LogP contribution in [0.25, 0.3) is 0 Å². The number of nitrogens with zero attached hydrogens (tertiary/aromatic N) is 1. The van der Waals surface area contributed by atoms with Crippen molar-refractivity contribution in [3.05, 3.63) is 0 Å². The second-order valence-corrected chi connectivity index (χ2v) is 3.26. The third-order valence-corrected chi connectivity index (χ3v) is 2.07. The lowest BCUT2D eigenvalue weighted by Gasteiger charge is -2.18. The topological polar surface area (TPSA) is 63.7 Å². The highest BCUT2D eigenvalue weighted by atomic mass is 16.7. The summed E-state index contributed by atoms with van der Waals surface area (Å²) < 4.78 is 0. The van der Waals surface area contributed by atoms with Gasteiger partial charge in [-0.05, 0) is 12.8 Å². The van der Waals surface area contributed by atoms with Gasteiger partial charge in [-0.15, -0.1) is 5.06 Å². The minimum absolute atomic E-state index is 0.272. The van der Waals surface area contributed by atoms with Crippen LogP contribution in [0.1, 0.15) is 40.5 Å². The lowest BCUT2D eigenvalue weighted by atomic mass is 10.0. The molecule has 0 bridgehead atoms. The van der Waals surface area contributed by atoms with E-state index in [1.807, 2.05) is 13.8 Å². The van der Waals surface area contributed by atoms with E-state index < -0.39 is 17.8 Å². The predicted molar refractivity (Wildman–Crippen MR) is 53.4 cm³/mol. The zero-order chi connectivity index (χ0) is 12.0. The molecule has 0 radical (unpaired) electrons. The number of carbonyl (C=O) groups is 3. The maximum absolute atomic E-state index is 11.5. The fourth-order valence-corrected chi connectivity index (χ4v) is 1.14. The smallest absolute Gasteiger partial charge is 0.330 e. The molecule has 5 nitrogen and oxygen atoms in total. The number of hydrogen-bond donors (Lipinski definition) is 0. The van der Waals surface area contributed by atoms with Gasteiger partial charge in [-0.25, -0.2) is 4.79 Å². The number of hydrogen-bond acceptors (Lipinski definition) is 4. The van der Waals surface area contributed by atoms with Crippen LogP contribution < -0.4 is 0 Å². The van der Waals surface area contributed by atoms with Crippen molar-refractivity contribution in [2.24, 2.45) is 5.92 Å². The molecule has 0 heterocycles. The summed E-state index contributed by atoms with van der Waals surface area (Å²) in [6.07, 6.45) is 1.25.